The molecule has 0 saturated carbocycles. The van der Waals surface area contributed by atoms with E-state index in [1.807, 2.05) is 0 Å². The molecule has 0 fully saturated rings. The number of hydrazine groups is 1. The molecule has 21 heavy (non-hydrogen) atoms. The lowest BCUT2D eigenvalue weighted by molar-refractivity contribution is -0.117. The molecule has 108 valence electrons. The number of hydrogen-bond donors (Lipinski definition) is 2. The zero-order valence-corrected chi connectivity index (χ0v) is 12.1. The molecule has 2 amide bonds. The van der Waals surface area contributed by atoms with Crippen LogP contribution in [0, 0.1) is 0 Å². The topological polar surface area (TPSA) is 71.3 Å². The van der Waals surface area contributed by atoms with Crippen LogP contribution in [0.2, 0.25) is 10.0 Å². The third-order valence-electron chi connectivity index (χ3n) is 2.42. The third kappa shape index (κ3) is 4.37. The number of nitrogens with one attached hydrogen (secondary N) is 2. The van der Waals surface area contributed by atoms with Crippen LogP contribution in [0.5, 0.6) is 0 Å². The van der Waals surface area contributed by atoms with Gasteiger partial charge in [-0.05, 0) is 36.4 Å². The first-order valence-corrected chi connectivity index (χ1v) is 6.59. The Morgan fingerprint density at radius 2 is 1.95 bits per heavy atom. The maximum absolute atomic E-state index is 11.8. The summed E-state index contributed by atoms with van der Waals surface area (Å²) in [5, 5.41) is 0.613. The molecule has 0 unspecified atom stereocenters. The fraction of sp³-hybridized carbons (Fsp3) is 0. The van der Waals surface area contributed by atoms with Gasteiger partial charge in [-0.25, -0.2) is 0 Å². The van der Waals surface area contributed by atoms with Crippen molar-refractivity contribution >= 4 is 41.1 Å². The summed E-state index contributed by atoms with van der Waals surface area (Å²) in [6, 6.07) is 7.82. The second-order valence-electron chi connectivity index (χ2n) is 3.92. The molecule has 0 aliphatic rings. The van der Waals surface area contributed by atoms with E-state index in [9.17, 15) is 9.59 Å². The van der Waals surface area contributed by atoms with Crippen LogP contribution in [-0.2, 0) is 4.79 Å². The van der Waals surface area contributed by atoms with Crippen LogP contribution in [0.3, 0.4) is 0 Å². The van der Waals surface area contributed by atoms with Gasteiger partial charge < -0.3 is 4.42 Å². The van der Waals surface area contributed by atoms with Gasteiger partial charge in [0.05, 0.1) is 16.8 Å². The molecule has 2 rings (SSSR count). The van der Waals surface area contributed by atoms with Crippen molar-refractivity contribution < 1.29 is 14.0 Å². The summed E-state index contributed by atoms with van der Waals surface area (Å²) in [7, 11) is 0. The summed E-state index contributed by atoms with van der Waals surface area (Å²) in [6.07, 6.45) is 4.18. The van der Waals surface area contributed by atoms with Crippen LogP contribution in [0.1, 0.15) is 16.1 Å². The molecule has 0 saturated heterocycles. The van der Waals surface area contributed by atoms with E-state index in [0.29, 0.717) is 10.8 Å². The molecule has 7 heteroatoms. The Bertz CT molecular complexity index is 682. The number of carbonyl (C=O) groups is 2. The molecular formula is C14H10Cl2N2O3. The summed E-state index contributed by atoms with van der Waals surface area (Å²) in [4.78, 5) is 23.3. The van der Waals surface area contributed by atoms with Crippen molar-refractivity contribution in [3.63, 3.8) is 0 Å². The third-order valence-corrected chi connectivity index (χ3v) is 2.96. The second-order valence-corrected chi connectivity index (χ2v) is 4.76. The molecule has 1 heterocycles. The molecule has 0 spiro atoms. The first kappa shape index (κ1) is 15.2. The van der Waals surface area contributed by atoms with Gasteiger partial charge in [0.25, 0.3) is 11.8 Å². The smallest absolute Gasteiger partial charge is 0.271 e. The number of benzene rings is 1. The average Bonchev–Trinajstić information content (AvgIpc) is 2.95. The normalized spacial score (nSPS) is 10.6. The van der Waals surface area contributed by atoms with Crippen molar-refractivity contribution in [2.45, 2.75) is 0 Å². The van der Waals surface area contributed by atoms with Crippen molar-refractivity contribution in [1.29, 1.82) is 0 Å². The Morgan fingerprint density at radius 3 is 2.62 bits per heavy atom. The Balaban J connectivity index is 1.90. The van der Waals surface area contributed by atoms with Gasteiger partial charge in [0, 0.05) is 11.1 Å². The lowest BCUT2D eigenvalue weighted by Crippen LogP contribution is -2.40. The zero-order valence-electron chi connectivity index (χ0n) is 10.6. The van der Waals surface area contributed by atoms with Crippen molar-refractivity contribution in [1.82, 2.24) is 10.9 Å². The predicted molar refractivity (Wildman–Crippen MR) is 79.8 cm³/mol. The molecule has 2 aromatic rings. The van der Waals surface area contributed by atoms with E-state index >= 15 is 0 Å². The van der Waals surface area contributed by atoms with Crippen LogP contribution >= 0.6 is 23.2 Å². The fourth-order valence-corrected chi connectivity index (χ4v) is 1.94. The van der Waals surface area contributed by atoms with Crippen LogP contribution in [0.25, 0.3) is 6.08 Å². The number of rotatable bonds is 3. The monoisotopic (exact) mass is 324 g/mol. The Labute approximate surface area is 130 Å². The molecule has 0 atom stereocenters. The molecule has 0 bridgehead atoms. The van der Waals surface area contributed by atoms with Crippen molar-refractivity contribution in [2.75, 3.05) is 0 Å². The minimum atomic E-state index is -0.545. The van der Waals surface area contributed by atoms with E-state index in [2.05, 4.69) is 10.9 Å². The van der Waals surface area contributed by atoms with Crippen molar-refractivity contribution in [3.05, 3.63) is 64.0 Å². The fourth-order valence-electron chi connectivity index (χ4n) is 1.44. The number of halogens is 2. The van der Waals surface area contributed by atoms with Gasteiger partial charge >= 0.3 is 0 Å². The summed E-state index contributed by atoms with van der Waals surface area (Å²) in [6.45, 7) is 0. The van der Waals surface area contributed by atoms with Gasteiger partial charge in [0.15, 0.2) is 0 Å². The second kappa shape index (κ2) is 6.97. The van der Waals surface area contributed by atoms with Crippen molar-refractivity contribution in [3.8, 4) is 0 Å². The highest BCUT2D eigenvalue weighted by Gasteiger charge is 2.10. The van der Waals surface area contributed by atoms with Gasteiger partial charge in [-0.3, -0.25) is 20.4 Å². The van der Waals surface area contributed by atoms with E-state index in [1.54, 1.807) is 12.1 Å². The Kier molecular flexibility index (Phi) is 5.03. The van der Waals surface area contributed by atoms with Crippen LogP contribution in [0.4, 0.5) is 0 Å². The summed E-state index contributed by atoms with van der Waals surface area (Å²) in [5.74, 6) is -0.529. The molecule has 2 N–H and O–H groups in total. The highest BCUT2D eigenvalue weighted by Crippen LogP contribution is 2.20. The highest BCUT2D eigenvalue weighted by atomic mass is 35.5. The van der Waals surface area contributed by atoms with E-state index in [-0.39, 0.29) is 10.6 Å². The number of furan rings is 1. The molecule has 0 aliphatic carbocycles. The van der Waals surface area contributed by atoms with Gasteiger partial charge in [-0.2, -0.15) is 0 Å². The summed E-state index contributed by atoms with van der Waals surface area (Å²) >= 11 is 11.6. The van der Waals surface area contributed by atoms with E-state index in [0.717, 1.165) is 0 Å². The largest absolute Gasteiger partial charge is 0.465 e. The number of amides is 2. The van der Waals surface area contributed by atoms with Crippen LogP contribution < -0.4 is 10.9 Å². The molecular weight excluding hydrogens is 315 g/mol. The number of carbonyl (C=O) groups excluding carboxylic acids is 2. The maximum Gasteiger partial charge on any atom is 0.271 e. The minimum Gasteiger partial charge on any atom is -0.465 e. The van der Waals surface area contributed by atoms with E-state index < -0.39 is 11.8 Å². The van der Waals surface area contributed by atoms with Crippen LogP contribution in [-0.4, -0.2) is 11.8 Å². The van der Waals surface area contributed by atoms with Gasteiger partial charge in [-0.15, -0.1) is 0 Å². The van der Waals surface area contributed by atoms with E-state index in [1.165, 1.54) is 36.6 Å². The SMILES string of the molecule is O=C(/C=C/c1ccco1)NNC(=O)c1ccc(Cl)cc1Cl. The molecule has 1 aromatic carbocycles. The minimum absolute atomic E-state index is 0.195. The first-order chi connectivity index (χ1) is 10.1. The predicted octanol–water partition coefficient (Wildman–Crippen LogP) is 3.06. The van der Waals surface area contributed by atoms with Gasteiger partial charge in [-0.1, -0.05) is 23.2 Å². The molecule has 1 aromatic heterocycles. The first-order valence-electron chi connectivity index (χ1n) is 5.83. The van der Waals surface area contributed by atoms with Gasteiger partial charge in [0.2, 0.25) is 0 Å². The lowest BCUT2D eigenvalue weighted by Gasteiger charge is -2.06. The summed E-state index contributed by atoms with van der Waals surface area (Å²) in [5.41, 5.74) is 4.67. The van der Waals surface area contributed by atoms with Gasteiger partial charge in [0.1, 0.15) is 5.76 Å². The zero-order chi connectivity index (χ0) is 15.2. The van der Waals surface area contributed by atoms with Crippen LogP contribution in [0.15, 0.2) is 47.1 Å². The Hall–Kier alpha value is -2.24. The van der Waals surface area contributed by atoms with Crippen molar-refractivity contribution in [2.24, 2.45) is 0 Å². The molecule has 0 radical (unpaired) electrons. The maximum atomic E-state index is 11.8. The molecule has 0 aliphatic heterocycles. The average molecular weight is 325 g/mol. The lowest BCUT2D eigenvalue weighted by atomic mass is 10.2. The summed E-state index contributed by atoms with van der Waals surface area (Å²) < 4.78 is 5.02. The molecule has 5 nitrogen and oxygen atoms in total. The number of hydrogen-bond acceptors (Lipinski definition) is 3. The quantitative estimate of drug-likeness (QED) is 0.673. The highest BCUT2D eigenvalue weighted by molar-refractivity contribution is 6.36. The standard InChI is InChI=1S/C14H10Cl2N2O3/c15-9-3-5-11(12(16)8-9)14(20)18-17-13(19)6-4-10-2-1-7-21-10/h1-8H,(H,17,19)(H,18,20)/b6-4+. The Morgan fingerprint density at radius 1 is 1.14 bits per heavy atom. The van der Waals surface area contributed by atoms with E-state index in [4.69, 9.17) is 27.6 Å².